The van der Waals surface area contributed by atoms with Crippen LogP contribution in [0.1, 0.15) is 44.2 Å². The maximum atomic E-state index is 12.2. The van der Waals surface area contributed by atoms with Gasteiger partial charge in [0.2, 0.25) is 11.8 Å². The predicted octanol–water partition coefficient (Wildman–Crippen LogP) is 2.42. The first kappa shape index (κ1) is 19.7. The first-order chi connectivity index (χ1) is 12.3. The minimum absolute atomic E-state index is 0.0930. The summed E-state index contributed by atoms with van der Waals surface area (Å²) in [4.78, 5) is 12.2. The van der Waals surface area contributed by atoms with E-state index in [-0.39, 0.29) is 18.9 Å². The van der Waals surface area contributed by atoms with Crippen LogP contribution in [-0.4, -0.2) is 40.7 Å². The van der Waals surface area contributed by atoms with Gasteiger partial charge < -0.3 is 24.3 Å². The number of carbonyl (C=O) groups is 1. The van der Waals surface area contributed by atoms with Crippen molar-refractivity contribution in [2.75, 3.05) is 13.7 Å². The molecule has 0 fully saturated rings. The minimum Gasteiger partial charge on any atom is -0.497 e. The number of carbonyl (C=O) groups excluding carboxylic acids is 1. The number of aliphatic hydroxyl groups is 1. The van der Waals surface area contributed by atoms with Crippen LogP contribution >= 0.6 is 0 Å². The molecule has 1 aromatic heterocycles. The molecule has 0 radical (unpaired) electrons. The molecule has 142 valence electrons. The molecule has 1 atom stereocenters. The fraction of sp³-hybridized carbons (Fsp3) is 0.500. The minimum atomic E-state index is -0.619. The summed E-state index contributed by atoms with van der Waals surface area (Å²) in [6, 6.07) is 6.91. The fourth-order valence-corrected chi connectivity index (χ4v) is 2.25. The quantitative estimate of drug-likeness (QED) is 0.778. The maximum Gasteiger partial charge on any atom is 0.408 e. The third-order valence-electron chi connectivity index (χ3n) is 3.40. The maximum absolute atomic E-state index is 12.2. The Balaban J connectivity index is 2.17. The van der Waals surface area contributed by atoms with Crippen molar-refractivity contribution in [3.8, 4) is 5.75 Å². The second-order valence-corrected chi connectivity index (χ2v) is 6.76. The van der Waals surface area contributed by atoms with Crippen LogP contribution < -0.4 is 10.1 Å². The number of amides is 1. The highest BCUT2D eigenvalue weighted by molar-refractivity contribution is 5.68. The Bertz CT molecular complexity index is 706. The molecule has 2 N–H and O–H groups in total. The number of hydrogen-bond acceptors (Lipinski definition) is 7. The Morgan fingerprint density at radius 2 is 1.96 bits per heavy atom. The summed E-state index contributed by atoms with van der Waals surface area (Å²) in [6.07, 6.45) is 0.122. The number of nitrogens with one attached hydrogen (secondary N) is 1. The summed E-state index contributed by atoms with van der Waals surface area (Å²) in [7, 11) is 1.60. The van der Waals surface area contributed by atoms with E-state index in [1.165, 1.54) is 0 Å². The second kappa shape index (κ2) is 8.66. The first-order valence-corrected chi connectivity index (χ1v) is 8.36. The van der Waals surface area contributed by atoms with Gasteiger partial charge in [-0.1, -0.05) is 12.1 Å². The number of nitrogens with zero attached hydrogens (tertiary/aromatic N) is 2. The van der Waals surface area contributed by atoms with Crippen LogP contribution in [0.25, 0.3) is 0 Å². The molecule has 1 aromatic carbocycles. The van der Waals surface area contributed by atoms with E-state index < -0.39 is 17.7 Å². The van der Waals surface area contributed by atoms with Gasteiger partial charge in [-0.05, 0) is 38.5 Å². The predicted molar refractivity (Wildman–Crippen MR) is 93.9 cm³/mol. The molecule has 2 rings (SSSR count). The summed E-state index contributed by atoms with van der Waals surface area (Å²) >= 11 is 0. The summed E-state index contributed by atoms with van der Waals surface area (Å²) in [5, 5.41) is 19.6. The Labute approximate surface area is 152 Å². The molecule has 1 amide bonds. The summed E-state index contributed by atoms with van der Waals surface area (Å²) < 4.78 is 16.0. The van der Waals surface area contributed by atoms with Crippen molar-refractivity contribution < 1.29 is 23.8 Å². The zero-order chi connectivity index (χ0) is 19.2. The van der Waals surface area contributed by atoms with Crippen molar-refractivity contribution in [2.24, 2.45) is 0 Å². The van der Waals surface area contributed by atoms with Crippen molar-refractivity contribution >= 4 is 6.09 Å². The smallest absolute Gasteiger partial charge is 0.408 e. The van der Waals surface area contributed by atoms with Gasteiger partial charge in [0.05, 0.1) is 13.7 Å². The third kappa shape index (κ3) is 6.03. The molecule has 0 saturated carbocycles. The van der Waals surface area contributed by atoms with Crippen LogP contribution in [0.4, 0.5) is 4.79 Å². The molecule has 8 heteroatoms. The molecule has 1 heterocycles. The molecule has 0 unspecified atom stereocenters. The van der Waals surface area contributed by atoms with E-state index in [4.69, 9.17) is 19.0 Å². The molecule has 0 aliphatic heterocycles. The Morgan fingerprint density at radius 3 is 2.54 bits per heavy atom. The van der Waals surface area contributed by atoms with Crippen molar-refractivity contribution in [2.45, 2.75) is 45.3 Å². The number of benzene rings is 1. The molecule has 0 bridgehead atoms. The molecular weight excluding hydrogens is 338 g/mol. The van der Waals surface area contributed by atoms with Crippen molar-refractivity contribution in [3.05, 3.63) is 41.6 Å². The summed E-state index contributed by atoms with van der Waals surface area (Å²) in [5.74, 6) is 1.32. The van der Waals surface area contributed by atoms with Crippen LogP contribution in [0.2, 0.25) is 0 Å². The van der Waals surface area contributed by atoms with Gasteiger partial charge in [-0.2, -0.15) is 0 Å². The number of alkyl carbamates (subject to hydrolysis) is 1. The lowest BCUT2D eigenvalue weighted by Crippen LogP contribution is -2.36. The molecule has 0 aliphatic rings. The van der Waals surface area contributed by atoms with E-state index >= 15 is 0 Å². The fourth-order valence-electron chi connectivity index (χ4n) is 2.25. The second-order valence-electron chi connectivity index (χ2n) is 6.76. The van der Waals surface area contributed by atoms with Gasteiger partial charge in [0.25, 0.3) is 0 Å². The summed E-state index contributed by atoms with van der Waals surface area (Å²) in [6.45, 7) is 5.27. The topological polar surface area (TPSA) is 107 Å². The van der Waals surface area contributed by atoms with Gasteiger partial charge in [-0.3, -0.25) is 0 Å². The van der Waals surface area contributed by atoms with E-state index in [9.17, 15) is 4.79 Å². The average molecular weight is 363 g/mol. The molecule has 8 nitrogen and oxygen atoms in total. The summed E-state index contributed by atoms with van der Waals surface area (Å²) in [5.41, 5.74) is 0.333. The first-order valence-electron chi connectivity index (χ1n) is 8.36. The lowest BCUT2D eigenvalue weighted by molar-refractivity contribution is 0.0495. The Morgan fingerprint density at radius 1 is 1.27 bits per heavy atom. The highest BCUT2D eigenvalue weighted by atomic mass is 16.6. The van der Waals surface area contributed by atoms with Gasteiger partial charge in [0.1, 0.15) is 17.4 Å². The van der Waals surface area contributed by atoms with Gasteiger partial charge in [0.15, 0.2) is 0 Å². The van der Waals surface area contributed by atoms with Gasteiger partial charge >= 0.3 is 6.09 Å². The van der Waals surface area contributed by atoms with E-state index in [2.05, 4.69) is 15.5 Å². The molecule has 26 heavy (non-hydrogen) atoms. The highest BCUT2D eigenvalue weighted by Crippen LogP contribution is 2.21. The van der Waals surface area contributed by atoms with E-state index in [0.717, 1.165) is 11.3 Å². The van der Waals surface area contributed by atoms with Gasteiger partial charge in [0, 0.05) is 12.8 Å². The molecule has 0 aliphatic carbocycles. The zero-order valence-corrected chi connectivity index (χ0v) is 15.5. The van der Waals surface area contributed by atoms with Crippen molar-refractivity contribution in [1.29, 1.82) is 0 Å². The number of methoxy groups -OCH3 is 1. The highest BCUT2D eigenvalue weighted by Gasteiger charge is 2.25. The van der Waals surface area contributed by atoms with E-state index in [1.54, 1.807) is 27.9 Å². The van der Waals surface area contributed by atoms with Crippen LogP contribution in [0.5, 0.6) is 5.75 Å². The lowest BCUT2D eigenvalue weighted by atomic mass is 10.1. The van der Waals surface area contributed by atoms with E-state index in [0.29, 0.717) is 12.3 Å². The zero-order valence-electron chi connectivity index (χ0n) is 15.5. The third-order valence-corrected chi connectivity index (χ3v) is 3.40. The van der Waals surface area contributed by atoms with Gasteiger partial charge in [-0.25, -0.2) is 4.79 Å². The van der Waals surface area contributed by atoms with Crippen LogP contribution in [0.15, 0.2) is 28.7 Å². The SMILES string of the molecule is COc1ccc(C[C@H](NC(=O)OC(C)(C)C)c2nnc(CCO)o2)cc1. The number of aromatic nitrogens is 2. The number of aliphatic hydroxyl groups excluding tert-OH is 1. The number of hydrogen-bond donors (Lipinski definition) is 2. The van der Waals surface area contributed by atoms with Crippen molar-refractivity contribution in [1.82, 2.24) is 15.5 Å². The van der Waals surface area contributed by atoms with Crippen LogP contribution in [-0.2, 0) is 17.6 Å². The van der Waals surface area contributed by atoms with Crippen LogP contribution in [0.3, 0.4) is 0 Å². The molecule has 2 aromatic rings. The lowest BCUT2D eigenvalue weighted by Gasteiger charge is -2.22. The monoisotopic (exact) mass is 363 g/mol. The molecule has 0 saturated heterocycles. The largest absolute Gasteiger partial charge is 0.497 e. The Kier molecular flexibility index (Phi) is 6.57. The molecular formula is C18H25N3O5. The molecule has 0 spiro atoms. The normalized spacial score (nSPS) is 12.5. The van der Waals surface area contributed by atoms with E-state index in [1.807, 2.05) is 24.3 Å². The van der Waals surface area contributed by atoms with Gasteiger partial charge in [-0.15, -0.1) is 10.2 Å². The number of ether oxygens (including phenoxy) is 2. The van der Waals surface area contributed by atoms with Crippen LogP contribution in [0, 0.1) is 0 Å². The van der Waals surface area contributed by atoms with Crippen molar-refractivity contribution in [3.63, 3.8) is 0 Å². The average Bonchev–Trinajstić information content (AvgIpc) is 3.02. The standard InChI is InChI=1S/C18H25N3O5/c1-18(2,3)26-17(23)19-14(16-21-20-15(25-16)9-10-22)11-12-5-7-13(24-4)8-6-12/h5-8,14,22H,9-11H2,1-4H3,(H,19,23)/t14-/m0/s1. The Hall–Kier alpha value is -2.61. The number of rotatable bonds is 7.